The van der Waals surface area contributed by atoms with Gasteiger partial charge in [-0.15, -0.1) is 0 Å². The molecule has 0 bridgehead atoms. The summed E-state index contributed by atoms with van der Waals surface area (Å²) in [6.45, 7) is 3.92. The molecule has 33 heavy (non-hydrogen) atoms. The predicted octanol–water partition coefficient (Wildman–Crippen LogP) is 4.26. The number of hydrogen-bond donors (Lipinski definition) is 1. The zero-order valence-electron chi connectivity index (χ0n) is 18.3. The molecule has 0 radical (unpaired) electrons. The standard InChI is InChI=1S/C25H24N2O5S/c1-3-32-25(29)19-9-11-21(12-10-19)26-33(30,31)22-13-14-23-20(16-22)15-17(2)27(23)24(28)18-7-5-4-6-8-18/h4-14,16-17,26H,3,15H2,1-2H3/t17-/m1/s1. The van der Waals surface area contributed by atoms with Crippen LogP contribution < -0.4 is 9.62 Å². The van der Waals surface area contributed by atoms with Gasteiger partial charge in [0.15, 0.2) is 0 Å². The van der Waals surface area contributed by atoms with Crippen LogP contribution >= 0.6 is 0 Å². The molecule has 0 aromatic heterocycles. The minimum atomic E-state index is -3.86. The SMILES string of the molecule is CCOC(=O)c1ccc(NS(=O)(=O)c2ccc3c(c2)C[C@@H](C)N3C(=O)c2ccccc2)cc1. The number of hydrogen-bond acceptors (Lipinski definition) is 5. The monoisotopic (exact) mass is 464 g/mol. The van der Waals surface area contributed by atoms with E-state index in [1.807, 2.05) is 25.1 Å². The Hall–Kier alpha value is -3.65. The summed E-state index contributed by atoms with van der Waals surface area (Å²) in [6, 6.07) is 19.8. The van der Waals surface area contributed by atoms with Gasteiger partial charge in [0.1, 0.15) is 0 Å². The predicted molar refractivity (Wildman–Crippen MR) is 126 cm³/mol. The Kier molecular flexibility index (Phi) is 6.20. The summed E-state index contributed by atoms with van der Waals surface area (Å²) in [7, 11) is -3.86. The number of nitrogens with zero attached hydrogens (tertiary/aromatic N) is 1. The zero-order chi connectivity index (χ0) is 23.6. The lowest BCUT2D eigenvalue weighted by Crippen LogP contribution is -2.35. The molecule has 0 spiro atoms. The van der Waals surface area contributed by atoms with E-state index in [0.29, 0.717) is 28.9 Å². The lowest BCUT2D eigenvalue weighted by molar-refractivity contribution is 0.0526. The molecule has 1 N–H and O–H groups in total. The molecule has 8 heteroatoms. The third kappa shape index (κ3) is 4.61. The molecule has 0 unspecified atom stereocenters. The van der Waals surface area contributed by atoms with Crippen LogP contribution in [0.3, 0.4) is 0 Å². The third-order valence-electron chi connectivity index (χ3n) is 5.46. The summed E-state index contributed by atoms with van der Waals surface area (Å²) in [6.07, 6.45) is 0.561. The minimum absolute atomic E-state index is 0.0889. The Balaban J connectivity index is 1.55. The molecule has 1 heterocycles. The Morgan fingerprint density at radius 1 is 1.00 bits per heavy atom. The first-order valence-corrected chi connectivity index (χ1v) is 12.1. The number of carbonyl (C=O) groups excluding carboxylic acids is 2. The van der Waals surface area contributed by atoms with Crippen molar-refractivity contribution in [3.8, 4) is 0 Å². The van der Waals surface area contributed by atoms with Gasteiger partial charge in [0, 0.05) is 23.0 Å². The van der Waals surface area contributed by atoms with Gasteiger partial charge in [0.2, 0.25) is 0 Å². The summed E-state index contributed by atoms with van der Waals surface area (Å²) in [5.41, 5.74) is 2.77. The van der Waals surface area contributed by atoms with Gasteiger partial charge in [-0.05, 0) is 80.4 Å². The van der Waals surface area contributed by atoms with Crippen molar-refractivity contribution in [2.45, 2.75) is 31.2 Å². The Morgan fingerprint density at radius 2 is 1.70 bits per heavy atom. The summed E-state index contributed by atoms with van der Waals surface area (Å²) in [4.78, 5) is 26.6. The van der Waals surface area contributed by atoms with E-state index in [1.54, 1.807) is 36.1 Å². The van der Waals surface area contributed by atoms with Gasteiger partial charge in [0.25, 0.3) is 15.9 Å². The van der Waals surface area contributed by atoms with Gasteiger partial charge in [-0.3, -0.25) is 9.52 Å². The molecular weight excluding hydrogens is 440 g/mol. The normalized spacial score (nSPS) is 15.1. The van der Waals surface area contributed by atoms with Crippen molar-refractivity contribution in [3.63, 3.8) is 0 Å². The molecule has 3 aromatic carbocycles. The maximum absolute atomic E-state index is 13.0. The average molecular weight is 465 g/mol. The van der Waals surface area contributed by atoms with E-state index >= 15 is 0 Å². The molecule has 0 saturated carbocycles. The van der Waals surface area contributed by atoms with Gasteiger partial charge in [-0.1, -0.05) is 18.2 Å². The van der Waals surface area contributed by atoms with E-state index in [-0.39, 0.29) is 23.5 Å². The fourth-order valence-electron chi connectivity index (χ4n) is 3.91. The molecular formula is C25H24N2O5S. The van der Waals surface area contributed by atoms with Crippen LogP contribution in [0.1, 0.15) is 40.1 Å². The van der Waals surface area contributed by atoms with Crippen LogP contribution in [-0.4, -0.2) is 32.9 Å². The van der Waals surface area contributed by atoms with Gasteiger partial charge >= 0.3 is 5.97 Å². The first kappa shape index (κ1) is 22.5. The van der Waals surface area contributed by atoms with Crippen molar-refractivity contribution in [2.24, 2.45) is 0 Å². The van der Waals surface area contributed by atoms with Gasteiger partial charge in [-0.25, -0.2) is 13.2 Å². The summed E-state index contributed by atoms with van der Waals surface area (Å²) in [5, 5.41) is 0. The topological polar surface area (TPSA) is 92.8 Å². The lowest BCUT2D eigenvalue weighted by atomic mass is 10.1. The second-order valence-corrected chi connectivity index (χ2v) is 9.47. The molecule has 1 atom stereocenters. The highest BCUT2D eigenvalue weighted by Crippen LogP contribution is 2.35. The summed E-state index contributed by atoms with van der Waals surface area (Å²) >= 11 is 0. The molecule has 4 rings (SSSR count). The van der Waals surface area contributed by atoms with E-state index in [0.717, 1.165) is 5.56 Å². The summed E-state index contributed by atoms with van der Waals surface area (Å²) in [5.74, 6) is -0.577. The van der Waals surface area contributed by atoms with Crippen molar-refractivity contribution < 1.29 is 22.7 Å². The molecule has 0 fully saturated rings. The maximum atomic E-state index is 13.0. The number of fused-ring (bicyclic) bond motifs is 1. The Morgan fingerprint density at radius 3 is 2.36 bits per heavy atom. The van der Waals surface area contributed by atoms with Crippen LogP contribution in [0.2, 0.25) is 0 Å². The highest BCUT2D eigenvalue weighted by Gasteiger charge is 2.32. The Labute approximate surface area is 193 Å². The highest BCUT2D eigenvalue weighted by atomic mass is 32.2. The molecule has 1 aliphatic rings. The largest absolute Gasteiger partial charge is 0.462 e. The van der Waals surface area contributed by atoms with Gasteiger partial charge in [-0.2, -0.15) is 0 Å². The number of rotatable bonds is 6. The smallest absolute Gasteiger partial charge is 0.338 e. The van der Waals surface area contributed by atoms with Crippen molar-refractivity contribution in [1.82, 2.24) is 0 Å². The lowest BCUT2D eigenvalue weighted by Gasteiger charge is -2.23. The molecule has 0 saturated heterocycles. The van der Waals surface area contributed by atoms with Crippen LogP contribution in [0.25, 0.3) is 0 Å². The first-order valence-electron chi connectivity index (χ1n) is 10.6. The minimum Gasteiger partial charge on any atom is -0.462 e. The third-order valence-corrected chi connectivity index (χ3v) is 6.84. The molecule has 170 valence electrons. The number of benzene rings is 3. The molecule has 1 amide bonds. The maximum Gasteiger partial charge on any atom is 0.338 e. The first-order chi connectivity index (χ1) is 15.8. The number of nitrogens with one attached hydrogen (secondary N) is 1. The summed E-state index contributed by atoms with van der Waals surface area (Å²) < 4.78 is 33.4. The van der Waals surface area contributed by atoms with E-state index in [2.05, 4.69) is 4.72 Å². The average Bonchev–Trinajstić information content (AvgIpc) is 3.14. The van der Waals surface area contributed by atoms with Crippen LogP contribution in [0.15, 0.2) is 77.7 Å². The van der Waals surface area contributed by atoms with Crippen molar-refractivity contribution in [2.75, 3.05) is 16.2 Å². The van der Waals surface area contributed by atoms with Crippen LogP contribution in [0, 0.1) is 0 Å². The van der Waals surface area contributed by atoms with E-state index < -0.39 is 16.0 Å². The van der Waals surface area contributed by atoms with Crippen molar-refractivity contribution in [1.29, 1.82) is 0 Å². The molecule has 0 aliphatic carbocycles. The fourth-order valence-corrected chi connectivity index (χ4v) is 5.02. The van der Waals surface area contributed by atoms with Crippen LogP contribution in [0.4, 0.5) is 11.4 Å². The van der Waals surface area contributed by atoms with Gasteiger partial charge in [0.05, 0.1) is 17.1 Å². The number of sulfonamides is 1. The van der Waals surface area contributed by atoms with E-state index in [9.17, 15) is 18.0 Å². The number of carbonyl (C=O) groups is 2. The van der Waals surface area contributed by atoms with Crippen molar-refractivity contribution in [3.05, 3.63) is 89.5 Å². The van der Waals surface area contributed by atoms with Crippen LogP contribution in [-0.2, 0) is 21.2 Å². The fraction of sp³-hybridized carbons (Fsp3) is 0.200. The number of anilines is 2. The van der Waals surface area contributed by atoms with E-state index in [1.165, 1.54) is 30.3 Å². The highest BCUT2D eigenvalue weighted by molar-refractivity contribution is 7.92. The second-order valence-electron chi connectivity index (χ2n) is 7.79. The van der Waals surface area contributed by atoms with E-state index in [4.69, 9.17) is 4.74 Å². The number of ether oxygens (including phenoxy) is 1. The Bertz CT molecular complexity index is 1290. The number of amides is 1. The second kappa shape index (κ2) is 9.07. The molecule has 1 aliphatic heterocycles. The molecule has 3 aromatic rings. The zero-order valence-corrected chi connectivity index (χ0v) is 19.1. The number of esters is 1. The molecule has 7 nitrogen and oxygen atoms in total. The quantitative estimate of drug-likeness (QED) is 0.551. The van der Waals surface area contributed by atoms with Crippen molar-refractivity contribution >= 4 is 33.3 Å². The van der Waals surface area contributed by atoms with Gasteiger partial charge < -0.3 is 9.64 Å². The van der Waals surface area contributed by atoms with Crippen LogP contribution in [0.5, 0.6) is 0 Å².